The number of carbonyl (C=O) groups excluding carboxylic acids is 3. The molecule has 0 aliphatic carbocycles. The number of hydrogen-bond acceptors (Lipinski definition) is 3. The van der Waals surface area contributed by atoms with E-state index in [1.165, 1.54) is 4.90 Å². The van der Waals surface area contributed by atoms with Gasteiger partial charge in [-0.25, -0.2) is 4.79 Å². The molecular formula is C19H23ClN4O3. The summed E-state index contributed by atoms with van der Waals surface area (Å²) in [6.45, 7) is 4.03. The van der Waals surface area contributed by atoms with E-state index in [2.05, 4.69) is 15.6 Å². The van der Waals surface area contributed by atoms with Crippen LogP contribution in [-0.4, -0.2) is 46.4 Å². The summed E-state index contributed by atoms with van der Waals surface area (Å²) in [5.41, 5.74) is 1.95. The smallest absolute Gasteiger partial charge is 0.324 e. The third-order valence-electron chi connectivity index (χ3n) is 4.55. The van der Waals surface area contributed by atoms with Gasteiger partial charge < -0.3 is 15.6 Å². The number of carbonyl (C=O) groups is 3. The number of aromatic nitrogens is 1. The second-order valence-electron chi connectivity index (χ2n) is 7.01. The van der Waals surface area contributed by atoms with Crippen molar-refractivity contribution in [1.82, 2.24) is 20.5 Å². The first-order chi connectivity index (χ1) is 12.8. The number of urea groups is 1. The maximum Gasteiger partial charge on any atom is 0.324 e. The predicted octanol–water partition coefficient (Wildman–Crippen LogP) is 2.59. The van der Waals surface area contributed by atoms with Crippen molar-refractivity contribution in [3.8, 4) is 0 Å². The molecule has 1 aromatic heterocycles. The van der Waals surface area contributed by atoms with Crippen LogP contribution in [0.3, 0.4) is 0 Å². The maximum atomic E-state index is 12.5. The van der Waals surface area contributed by atoms with E-state index in [1.54, 1.807) is 0 Å². The summed E-state index contributed by atoms with van der Waals surface area (Å²) < 4.78 is 0. The molecule has 144 valence electrons. The fourth-order valence-electron chi connectivity index (χ4n) is 3.24. The van der Waals surface area contributed by atoms with E-state index >= 15 is 0 Å². The molecule has 2 heterocycles. The fourth-order valence-corrected chi connectivity index (χ4v) is 3.42. The van der Waals surface area contributed by atoms with Crippen LogP contribution in [0.4, 0.5) is 4.79 Å². The molecular weight excluding hydrogens is 368 g/mol. The molecule has 0 bridgehead atoms. The Balaban J connectivity index is 1.58. The second-order valence-corrected chi connectivity index (χ2v) is 7.44. The highest BCUT2D eigenvalue weighted by Gasteiger charge is 2.37. The van der Waals surface area contributed by atoms with Crippen molar-refractivity contribution >= 4 is 40.3 Å². The van der Waals surface area contributed by atoms with Crippen molar-refractivity contribution in [2.75, 3.05) is 6.54 Å². The number of nitrogens with one attached hydrogen (secondary N) is 3. The number of imide groups is 1. The van der Waals surface area contributed by atoms with Crippen molar-refractivity contribution in [2.45, 2.75) is 45.2 Å². The van der Waals surface area contributed by atoms with Crippen LogP contribution in [0.1, 0.15) is 32.3 Å². The lowest BCUT2D eigenvalue weighted by atomic mass is 10.1. The minimum atomic E-state index is -0.646. The van der Waals surface area contributed by atoms with Crippen molar-refractivity contribution in [2.24, 2.45) is 0 Å². The zero-order valence-corrected chi connectivity index (χ0v) is 16.1. The van der Waals surface area contributed by atoms with E-state index in [-0.39, 0.29) is 30.8 Å². The van der Waals surface area contributed by atoms with Gasteiger partial charge in [0.1, 0.15) is 6.04 Å². The number of hydrogen-bond donors (Lipinski definition) is 3. The molecule has 0 spiro atoms. The van der Waals surface area contributed by atoms with E-state index in [9.17, 15) is 14.4 Å². The molecule has 7 nitrogen and oxygen atoms in total. The summed E-state index contributed by atoms with van der Waals surface area (Å²) in [6, 6.07) is 4.56. The molecule has 4 amide bonds. The average molecular weight is 391 g/mol. The first-order valence-electron chi connectivity index (χ1n) is 9.02. The summed E-state index contributed by atoms with van der Waals surface area (Å²) in [5, 5.41) is 7.07. The first-order valence-corrected chi connectivity index (χ1v) is 9.39. The highest BCUT2D eigenvalue weighted by atomic mass is 35.5. The van der Waals surface area contributed by atoms with E-state index in [0.717, 1.165) is 16.5 Å². The minimum Gasteiger partial charge on any atom is -0.361 e. The Morgan fingerprint density at radius 1 is 1.33 bits per heavy atom. The largest absolute Gasteiger partial charge is 0.361 e. The van der Waals surface area contributed by atoms with Gasteiger partial charge in [-0.05, 0) is 50.5 Å². The quantitative estimate of drug-likeness (QED) is 0.634. The number of fused-ring (bicyclic) bond motifs is 1. The minimum absolute atomic E-state index is 0.0487. The highest BCUT2D eigenvalue weighted by Crippen LogP contribution is 2.23. The van der Waals surface area contributed by atoms with Gasteiger partial charge in [0, 0.05) is 41.1 Å². The SMILES string of the molecule is CC(C)NC(=O)CCC1NC(=O)N(CCc2c[nH]c3ccc(Cl)cc23)C1=O. The lowest BCUT2D eigenvalue weighted by Crippen LogP contribution is -2.35. The molecule has 3 rings (SSSR count). The topological polar surface area (TPSA) is 94.3 Å². The molecule has 1 aliphatic rings. The van der Waals surface area contributed by atoms with Crippen LogP contribution < -0.4 is 10.6 Å². The fraction of sp³-hybridized carbons (Fsp3) is 0.421. The number of rotatable bonds is 7. The standard InChI is InChI=1S/C19H23ClN4O3/c1-11(2)22-17(25)6-5-16-18(26)24(19(27)23-16)8-7-12-10-21-15-4-3-13(20)9-14(12)15/h3-4,9-11,16,21H,5-8H2,1-2H3,(H,22,25)(H,23,27). The van der Waals surface area contributed by atoms with Gasteiger partial charge in [0.25, 0.3) is 5.91 Å². The van der Waals surface area contributed by atoms with Gasteiger partial charge in [0.05, 0.1) is 0 Å². The van der Waals surface area contributed by atoms with Crippen molar-refractivity contribution in [3.05, 3.63) is 35.0 Å². The Hall–Kier alpha value is -2.54. The Morgan fingerprint density at radius 3 is 2.85 bits per heavy atom. The zero-order chi connectivity index (χ0) is 19.6. The van der Waals surface area contributed by atoms with E-state index < -0.39 is 12.1 Å². The van der Waals surface area contributed by atoms with Gasteiger partial charge in [-0.1, -0.05) is 11.6 Å². The second kappa shape index (κ2) is 8.00. The highest BCUT2D eigenvalue weighted by molar-refractivity contribution is 6.31. The molecule has 1 unspecified atom stereocenters. The van der Waals surface area contributed by atoms with Gasteiger partial charge in [-0.15, -0.1) is 0 Å². The van der Waals surface area contributed by atoms with Crippen LogP contribution in [0.25, 0.3) is 10.9 Å². The predicted molar refractivity (Wildman–Crippen MR) is 104 cm³/mol. The monoisotopic (exact) mass is 390 g/mol. The molecule has 1 fully saturated rings. The molecule has 1 atom stereocenters. The van der Waals surface area contributed by atoms with Crippen LogP contribution in [0.5, 0.6) is 0 Å². The molecule has 1 aliphatic heterocycles. The van der Waals surface area contributed by atoms with Crippen LogP contribution in [0.15, 0.2) is 24.4 Å². The number of halogens is 1. The molecule has 8 heteroatoms. The summed E-state index contributed by atoms with van der Waals surface area (Å²) in [6.07, 6.45) is 2.89. The molecule has 1 saturated heterocycles. The van der Waals surface area contributed by atoms with Gasteiger partial charge >= 0.3 is 6.03 Å². The Kier molecular flexibility index (Phi) is 5.70. The molecule has 1 aromatic carbocycles. The summed E-state index contributed by atoms with van der Waals surface area (Å²) >= 11 is 6.06. The van der Waals surface area contributed by atoms with Gasteiger partial charge in [0.2, 0.25) is 5.91 Å². The van der Waals surface area contributed by atoms with Gasteiger partial charge in [-0.3, -0.25) is 14.5 Å². The third kappa shape index (κ3) is 4.42. The lowest BCUT2D eigenvalue weighted by molar-refractivity contribution is -0.127. The zero-order valence-electron chi connectivity index (χ0n) is 15.3. The summed E-state index contributed by atoms with van der Waals surface area (Å²) in [4.78, 5) is 40.8. The summed E-state index contributed by atoms with van der Waals surface area (Å²) in [7, 11) is 0. The number of nitrogens with zero attached hydrogens (tertiary/aromatic N) is 1. The van der Waals surface area contributed by atoms with Crippen LogP contribution in [-0.2, 0) is 16.0 Å². The average Bonchev–Trinajstić information content (AvgIpc) is 3.11. The van der Waals surface area contributed by atoms with Crippen molar-refractivity contribution in [1.29, 1.82) is 0 Å². The van der Waals surface area contributed by atoms with E-state index in [0.29, 0.717) is 17.9 Å². The van der Waals surface area contributed by atoms with Crippen LogP contribution >= 0.6 is 11.6 Å². The lowest BCUT2D eigenvalue weighted by Gasteiger charge is -2.13. The number of benzene rings is 1. The van der Waals surface area contributed by atoms with Crippen LogP contribution in [0, 0.1) is 0 Å². The van der Waals surface area contributed by atoms with Gasteiger partial charge in [0.15, 0.2) is 0 Å². The third-order valence-corrected chi connectivity index (χ3v) is 4.79. The molecule has 27 heavy (non-hydrogen) atoms. The Labute approximate surface area is 162 Å². The van der Waals surface area contributed by atoms with E-state index in [1.807, 2.05) is 38.2 Å². The van der Waals surface area contributed by atoms with Crippen molar-refractivity contribution in [3.63, 3.8) is 0 Å². The number of H-pyrrole nitrogens is 1. The molecule has 0 radical (unpaired) electrons. The molecule has 3 N–H and O–H groups in total. The first kappa shape index (κ1) is 19.2. The maximum absolute atomic E-state index is 12.5. The molecule has 2 aromatic rings. The number of aromatic amines is 1. The molecule has 0 saturated carbocycles. The normalized spacial score (nSPS) is 17.0. The summed E-state index contributed by atoms with van der Waals surface area (Å²) in [5.74, 6) is -0.406. The van der Waals surface area contributed by atoms with Crippen LogP contribution in [0.2, 0.25) is 5.02 Å². The Morgan fingerprint density at radius 2 is 2.11 bits per heavy atom. The van der Waals surface area contributed by atoms with Crippen molar-refractivity contribution < 1.29 is 14.4 Å². The number of amides is 4. The van der Waals surface area contributed by atoms with E-state index in [4.69, 9.17) is 11.6 Å². The van der Waals surface area contributed by atoms with Gasteiger partial charge in [-0.2, -0.15) is 0 Å². The Bertz CT molecular complexity index is 877.